The molecule has 0 spiro atoms. The Balaban J connectivity index is 0. The average Bonchev–Trinajstić information content (AvgIpc) is 1.62. The van der Waals surface area contributed by atoms with Crippen molar-refractivity contribution in [1.29, 1.82) is 0 Å². The first-order valence-corrected chi connectivity index (χ1v) is 3.92. The van der Waals surface area contributed by atoms with Crippen LogP contribution in [0, 0.1) is 0 Å². The van der Waals surface area contributed by atoms with Gasteiger partial charge in [0.2, 0.25) is 0 Å². The molecule has 0 aliphatic carbocycles. The maximum Gasteiger partial charge on any atom is 0.329 e. The van der Waals surface area contributed by atoms with E-state index in [-0.39, 0.29) is 12.0 Å². The molecule has 0 saturated carbocycles. The first-order valence-electron chi connectivity index (χ1n) is 2.23. The SMILES string of the molecule is CC(CN)P(=O)(O)O.O. The highest BCUT2D eigenvalue weighted by molar-refractivity contribution is 7.52. The summed E-state index contributed by atoms with van der Waals surface area (Å²) in [6.45, 7) is 1.45. The Bertz CT molecular complexity index is 110. The van der Waals surface area contributed by atoms with Gasteiger partial charge >= 0.3 is 7.60 Å². The third-order valence-corrected chi connectivity index (χ3v) is 2.27. The van der Waals surface area contributed by atoms with E-state index in [0.29, 0.717) is 0 Å². The lowest BCUT2D eigenvalue weighted by molar-refractivity contribution is 0.361. The van der Waals surface area contributed by atoms with Gasteiger partial charge in [0.15, 0.2) is 0 Å². The van der Waals surface area contributed by atoms with E-state index in [1.165, 1.54) is 6.92 Å². The van der Waals surface area contributed by atoms with E-state index in [1.54, 1.807) is 0 Å². The first kappa shape index (κ1) is 11.8. The summed E-state index contributed by atoms with van der Waals surface area (Å²) < 4.78 is 10.2. The van der Waals surface area contributed by atoms with Crippen LogP contribution in [-0.2, 0) is 4.57 Å². The smallest absolute Gasteiger partial charge is 0.329 e. The molecule has 0 aromatic heterocycles. The summed E-state index contributed by atoms with van der Waals surface area (Å²) >= 11 is 0. The van der Waals surface area contributed by atoms with Crippen LogP contribution in [0.25, 0.3) is 0 Å². The minimum atomic E-state index is -3.88. The van der Waals surface area contributed by atoms with Gasteiger partial charge in [-0.25, -0.2) is 0 Å². The number of nitrogens with two attached hydrogens (primary N) is 1. The summed E-state index contributed by atoms with van der Waals surface area (Å²) in [5.41, 5.74) is 4.26. The van der Waals surface area contributed by atoms with Gasteiger partial charge in [-0.1, -0.05) is 0 Å². The summed E-state index contributed by atoms with van der Waals surface area (Å²) in [6.07, 6.45) is 0. The highest BCUT2D eigenvalue weighted by Crippen LogP contribution is 2.39. The Morgan fingerprint density at radius 1 is 1.67 bits per heavy atom. The molecule has 0 fully saturated rings. The zero-order valence-corrected chi connectivity index (χ0v) is 6.01. The van der Waals surface area contributed by atoms with E-state index in [1.807, 2.05) is 0 Å². The third-order valence-electron chi connectivity index (χ3n) is 0.915. The van der Waals surface area contributed by atoms with Gasteiger partial charge in [0.05, 0.1) is 5.66 Å². The Morgan fingerprint density at radius 3 is 2.00 bits per heavy atom. The molecule has 6 heteroatoms. The summed E-state index contributed by atoms with van der Waals surface area (Å²) in [6, 6.07) is 0. The summed E-state index contributed by atoms with van der Waals surface area (Å²) in [7, 11) is -3.88. The second kappa shape index (κ2) is 3.98. The molecule has 9 heavy (non-hydrogen) atoms. The minimum Gasteiger partial charge on any atom is -0.412 e. The fourth-order valence-corrected chi connectivity index (χ4v) is 0.412. The van der Waals surface area contributed by atoms with Crippen LogP contribution in [0.2, 0.25) is 0 Å². The van der Waals surface area contributed by atoms with E-state index >= 15 is 0 Å². The van der Waals surface area contributed by atoms with E-state index < -0.39 is 13.3 Å². The van der Waals surface area contributed by atoms with Gasteiger partial charge in [-0.15, -0.1) is 0 Å². The van der Waals surface area contributed by atoms with Crippen molar-refractivity contribution in [2.24, 2.45) is 5.73 Å². The zero-order valence-electron chi connectivity index (χ0n) is 5.11. The van der Waals surface area contributed by atoms with Crippen molar-refractivity contribution in [2.45, 2.75) is 12.6 Å². The molecule has 58 valence electrons. The topological polar surface area (TPSA) is 115 Å². The van der Waals surface area contributed by atoms with Gasteiger partial charge in [-0.05, 0) is 6.92 Å². The molecule has 0 heterocycles. The molecule has 1 atom stereocenters. The summed E-state index contributed by atoms with van der Waals surface area (Å²) in [5, 5.41) is 0. The zero-order chi connectivity index (χ0) is 6.78. The Kier molecular flexibility index (Phi) is 5.22. The fourth-order valence-electron chi connectivity index (χ4n) is 0.137. The van der Waals surface area contributed by atoms with Crippen molar-refractivity contribution in [1.82, 2.24) is 0 Å². The van der Waals surface area contributed by atoms with E-state index in [4.69, 9.17) is 15.5 Å². The lowest BCUT2D eigenvalue weighted by Crippen LogP contribution is -2.16. The van der Waals surface area contributed by atoms with Gasteiger partial charge < -0.3 is 21.0 Å². The average molecular weight is 157 g/mol. The molecule has 0 rings (SSSR count). The second-order valence-electron chi connectivity index (χ2n) is 1.67. The van der Waals surface area contributed by atoms with Crippen LogP contribution in [0.5, 0.6) is 0 Å². The predicted octanol–water partition coefficient (Wildman–Crippen LogP) is -1.31. The number of hydrogen-bond donors (Lipinski definition) is 3. The van der Waals surface area contributed by atoms with Crippen molar-refractivity contribution in [3.8, 4) is 0 Å². The van der Waals surface area contributed by atoms with Gasteiger partial charge in [-0.3, -0.25) is 4.57 Å². The minimum absolute atomic E-state index is 0. The second-order valence-corrected chi connectivity index (χ2v) is 3.73. The van der Waals surface area contributed by atoms with E-state index in [2.05, 4.69) is 0 Å². The van der Waals surface area contributed by atoms with Crippen LogP contribution < -0.4 is 5.73 Å². The van der Waals surface area contributed by atoms with Crippen molar-refractivity contribution in [2.75, 3.05) is 6.54 Å². The Labute approximate surface area is 53.3 Å². The molecular weight excluding hydrogens is 145 g/mol. The first-order chi connectivity index (χ1) is 3.48. The van der Waals surface area contributed by atoms with Crippen molar-refractivity contribution in [3.05, 3.63) is 0 Å². The van der Waals surface area contributed by atoms with Crippen LogP contribution in [0.1, 0.15) is 6.92 Å². The van der Waals surface area contributed by atoms with Crippen LogP contribution >= 0.6 is 7.60 Å². The monoisotopic (exact) mass is 157 g/mol. The largest absolute Gasteiger partial charge is 0.412 e. The molecule has 0 aromatic rings. The van der Waals surface area contributed by atoms with Gasteiger partial charge in [0.25, 0.3) is 0 Å². The normalized spacial score (nSPS) is 14.2. The lowest BCUT2D eigenvalue weighted by Gasteiger charge is -2.08. The van der Waals surface area contributed by atoms with Gasteiger partial charge in [0.1, 0.15) is 0 Å². The van der Waals surface area contributed by atoms with E-state index in [9.17, 15) is 4.57 Å². The van der Waals surface area contributed by atoms with Gasteiger partial charge in [0, 0.05) is 6.54 Å². The Morgan fingerprint density at radius 2 is 2.00 bits per heavy atom. The predicted molar refractivity (Wildman–Crippen MR) is 34.2 cm³/mol. The van der Waals surface area contributed by atoms with Crippen LogP contribution in [0.4, 0.5) is 0 Å². The quantitative estimate of drug-likeness (QED) is 0.431. The molecular formula is C3H12NO4P. The van der Waals surface area contributed by atoms with Gasteiger partial charge in [-0.2, -0.15) is 0 Å². The van der Waals surface area contributed by atoms with Crippen molar-refractivity contribution >= 4 is 7.60 Å². The molecule has 0 aliphatic rings. The maximum absolute atomic E-state index is 10.2. The molecule has 0 radical (unpaired) electrons. The Hall–Kier alpha value is 0.0700. The standard InChI is InChI=1S/C3H10NO3P.H2O/c1-3(2-4)8(5,6)7;/h3H,2,4H2,1H3,(H2,5,6,7);1H2. The number of hydrogen-bond acceptors (Lipinski definition) is 2. The highest BCUT2D eigenvalue weighted by atomic mass is 31.2. The van der Waals surface area contributed by atoms with E-state index in [0.717, 1.165) is 0 Å². The fraction of sp³-hybridized carbons (Fsp3) is 1.00. The molecule has 0 aliphatic heterocycles. The molecule has 0 aromatic carbocycles. The molecule has 1 unspecified atom stereocenters. The number of rotatable bonds is 2. The van der Waals surface area contributed by atoms with Crippen LogP contribution in [0.3, 0.4) is 0 Å². The summed E-state index contributed by atoms with van der Waals surface area (Å²) in [5.74, 6) is 0. The van der Waals surface area contributed by atoms with Crippen molar-refractivity contribution in [3.63, 3.8) is 0 Å². The third kappa shape index (κ3) is 4.57. The molecule has 0 saturated heterocycles. The molecule has 0 amide bonds. The van der Waals surface area contributed by atoms with Crippen molar-refractivity contribution < 1.29 is 19.8 Å². The molecule has 0 bridgehead atoms. The molecule has 5 nitrogen and oxygen atoms in total. The lowest BCUT2D eigenvalue weighted by atomic mass is 10.5. The van der Waals surface area contributed by atoms with Crippen LogP contribution in [0.15, 0.2) is 0 Å². The van der Waals surface area contributed by atoms with Crippen LogP contribution in [-0.4, -0.2) is 27.5 Å². The maximum atomic E-state index is 10.2. The molecule has 6 N–H and O–H groups in total. The highest BCUT2D eigenvalue weighted by Gasteiger charge is 2.21. The summed E-state index contributed by atoms with van der Waals surface area (Å²) in [4.78, 5) is 16.6.